The number of nitrogens with zero attached hydrogens (tertiary/aromatic N) is 2. The molecule has 4 unspecified atom stereocenters. The van der Waals surface area contributed by atoms with E-state index in [4.69, 9.17) is 0 Å². The third-order valence-corrected chi connectivity index (χ3v) is 16.7. The first-order chi connectivity index (χ1) is 27.2. The van der Waals surface area contributed by atoms with Gasteiger partial charge in [-0.1, -0.05) is 91.0 Å². The Morgan fingerprint density at radius 1 is 0.643 bits per heavy atom. The number of benzene rings is 5. The average molecular weight is 808 g/mol. The van der Waals surface area contributed by atoms with Crippen LogP contribution >= 0.6 is 7.92 Å². The normalized spacial score (nSPS) is 25.4. The van der Waals surface area contributed by atoms with Gasteiger partial charge in [0.15, 0.2) is 0 Å². The molecule has 56 heavy (non-hydrogen) atoms. The Morgan fingerprint density at radius 3 is 1.62 bits per heavy atom. The topological polar surface area (TPSA) is 26.7 Å². The minimum Gasteiger partial charge on any atom is -0.0622 e. The fourth-order valence-electron chi connectivity index (χ4n) is 10.9. The fraction of sp³-hybridized carbons (Fsp3) is 0.412. The van der Waals surface area contributed by atoms with E-state index < -0.39 is 7.92 Å². The molecule has 1 aliphatic heterocycles. The second-order valence-electron chi connectivity index (χ2n) is 17.5. The van der Waals surface area contributed by atoms with Crippen LogP contribution in [-0.2, 0) is 19.9 Å². The Labute approximate surface area is 344 Å². The minimum atomic E-state index is -0.446. The first-order valence-electron chi connectivity index (χ1n) is 21.0. The number of rotatable bonds is 9. The summed E-state index contributed by atoms with van der Waals surface area (Å²) in [6.45, 7) is 13.6. The van der Waals surface area contributed by atoms with Crippen LogP contribution in [-0.4, -0.2) is 29.4 Å². The Balaban J connectivity index is 0.000000194. The van der Waals surface area contributed by atoms with Gasteiger partial charge < -0.3 is 0 Å². The number of aliphatic hydroxyl groups is 1. The van der Waals surface area contributed by atoms with Gasteiger partial charge in [0.05, 0.1) is 0 Å². The molecule has 4 atom stereocenters. The standard InChI is InChI=1S/C32H43N2O.C18H15P.CH3.Ni/c1-20(2)26-7-6-8-27(21(3)4)30(26)34-12-11-33(19-34)29-13-22(5)9-10-28(29)32-17-23-14-24(18-32)16-25(15-23)31(32)35;1-4-10-16(11-5-1)19(17-12-6-2-7-13-17)18-14-8-3-9-15-18;;/h6-10,13,19-21,23-25,31,35H,11-12,14-18H2,1-5H3;1-15H;1H3;. The van der Waals surface area contributed by atoms with Crippen LogP contribution in [0.25, 0.3) is 0 Å². The predicted octanol–water partition coefficient (Wildman–Crippen LogP) is 10.9. The summed E-state index contributed by atoms with van der Waals surface area (Å²) in [7, 11) is -0.446. The largest absolute Gasteiger partial charge is 0.0622 e. The fourth-order valence-corrected chi connectivity index (χ4v) is 14.4. The number of hydrogen-bond acceptors (Lipinski definition) is 3. The van der Waals surface area contributed by atoms with Gasteiger partial charge in [0.2, 0.25) is 0 Å². The van der Waals surface area contributed by atoms with E-state index >= 15 is 0 Å². The van der Waals surface area contributed by atoms with Crippen molar-refractivity contribution in [3.05, 3.63) is 150 Å². The molecule has 5 fully saturated rings. The van der Waals surface area contributed by atoms with Gasteiger partial charge in [0, 0.05) is 0 Å². The summed E-state index contributed by atoms with van der Waals surface area (Å²) in [6.07, 6.45) is 6.04. The molecule has 296 valence electrons. The van der Waals surface area contributed by atoms with Crippen molar-refractivity contribution < 1.29 is 19.5 Å². The van der Waals surface area contributed by atoms with E-state index in [-0.39, 0.29) is 16.7 Å². The second kappa shape index (κ2) is 16.8. The monoisotopic (exact) mass is 806 g/mol. The van der Waals surface area contributed by atoms with Crippen molar-refractivity contribution in [1.29, 1.82) is 0 Å². The Morgan fingerprint density at radius 2 is 1.14 bits per heavy atom. The van der Waals surface area contributed by atoms with E-state index in [1.807, 2.05) is 0 Å². The summed E-state index contributed by atoms with van der Waals surface area (Å²) in [4.78, 5) is 5.39. The maximum absolute atomic E-state index is 11.8. The molecule has 0 aromatic heterocycles. The summed E-state index contributed by atoms with van der Waals surface area (Å²) in [5, 5.41) is 16.3. The number of aliphatic hydroxyl groups excluding tert-OH is 1. The molecule has 0 amide bonds. The first kappa shape index (κ1) is 39.4. The average Bonchev–Trinajstić information content (AvgIpc) is 3.64. The molecular weight excluding hydrogens is 746 g/mol. The van der Waals surface area contributed by atoms with Gasteiger partial charge in [-0.15, -0.1) is 0 Å². The molecule has 1 saturated heterocycles. The van der Waals surface area contributed by atoms with E-state index in [9.17, 15) is 5.11 Å². The summed E-state index contributed by atoms with van der Waals surface area (Å²) in [6, 6.07) is 46.4. The van der Waals surface area contributed by atoms with Crippen molar-refractivity contribution in [3.8, 4) is 0 Å². The molecule has 10 rings (SSSR count). The van der Waals surface area contributed by atoms with Crippen LogP contribution in [0.5, 0.6) is 0 Å². The summed E-state index contributed by atoms with van der Waals surface area (Å²) >= 11 is 1.74. The van der Waals surface area contributed by atoms with Gasteiger partial charge in [-0.25, -0.2) is 0 Å². The molecule has 1 N–H and O–H groups in total. The molecule has 0 spiro atoms. The zero-order valence-corrected chi connectivity index (χ0v) is 36.1. The third kappa shape index (κ3) is 7.52. The molecule has 5 heteroatoms. The molecule has 3 nitrogen and oxygen atoms in total. The molecule has 4 bridgehead atoms. The van der Waals surface area contributed by atoms with Crippen molar-refractivity contribution >= 4 is 35.2 Å². The Bertz CT molecular complexity index is 1940. The Kier molecular flexibility index (Phi) is 11.8. The molecule has 5 aliphatic rings. The quantitative estimate of drug-likeness (QED) is 0.119. The first-order valence-corrected chi connectivity index (χ1v) is 23.9. The number of hydrogen-bond donors (Lipinski definition) is 1. The van der Waals surface area contributed by atoms with Crippen molar-refractivity contribution in [1.82, 2.24) is 0 Å². The van der Waals surface area contributed by atoms with Gasteiger partial charge in [-0.05, 0) is 23.8 Å². The molecule has 4 saturated carbocycles. The van der Waals surface area contributed by atoms with E-state index in [1.165, 1.54) is 81.6 Å². The smallest absolute Gasteiger partial charge is 0.0134 e. The molecular formula is C51H61N2NiOP. The van der Waals surface area contributed by atoms with E-state index in [1.54, 1.807) is 14.4 Å². The minimum absolute atomic E-state index is 0.0601. The van der Waals surface area contributed by atoms with Crippen LogP contribution in [0.4, 0.5) is 11.4 Å². The van der Waals surface area contributed by atoms with Crippen molar-refractivity contribution in [3.63, 3.8) is 0 Å². The predicted molar refractivity (Wildman–Crippen MR) is 237 cm³/mol. The molecule has 5 aromatic rings. The van der Waals surface area contributed by atoms with Gasteiger partial charge in [0.1, 0.15) is 0 Å². The number of para-hydroxylation sites is 1. The van der Waals surface area contributed by atoms with Gasteiger partial charge in [-0.2, -0.15) is 0 Å². The van der Waals surface area contributed by atoms with E-state index in [2.05, 4.69) is 178 Å². The van der Waals surface area contributed by atoms with E-state index in [0.29, 0.717) is 17.8 Å². The van der Waals surface area contributed by atoms with Crippen LogP contribution < -0.4 is 25.7 Å². The summed E-state index contributed by atoms with van der Waals surface area (Å²) in [5.41, 5.74) is 8.49. The number of aryl methyl sites for hydroxylation is 1. The zero-order valence-electron chi connectivity index (χ0n) is 34.2. The molecule has 5 aromatic carbocycles. The second-order valence-corrected chi connectivity index (χ2v) is 20.8. The SMILES string of the molecule is [CH3][Ni][CH]1N(c2cc(C)ccc2C23CC4CC(CC(C4)C2O)C3)CCN1c1c(C(C)C)cccc1C(C)C.c1ccc(P(c2ccccc2)c2ccccc2)cc1. The van der Waals surface area contributed by atoms with Crippen LogP contribution in [0.15, 0.2) is 127 Å². The molecule has 4 aliphatic carbocycles. The van der Waals surface area contributed by atoms with Crippen molar-refractivity contribution in [2.24, 2.45) is 17.8 Å². The van der Waals surface area contributed by atoms with Gasteiger partial charge in [0.25, 0.3) is 0 Å². The van der Waals surface area contributed by atoms with Gasteiger partial charge in [-0.3, -0.25) is 0 Å². The summed E-state index contributed by atoms with van der Waals surface area (Å²) < 4.78 is 0. The van der Waals surface area contributed by atoms with E-state index in [0.717, 1.165) is 24.9 Å². The van der Waals surface area contributed by atoms with Crippen molar-refractivity contribution in [2.45, 2.75) is 101 Å². The molecule has 1 heterocycles. The van der Waals surface area contributed by atoms with Crippen LogP contribution in [0.3, 0.4) is 0 Å². The summed E-state index contributed by atoms with van der Waals surface area (Å²) in [5.74, 6) is 5.38. The molecule has 0 radical (unpaired) electrons. The third-order valence-electron chi connectivity index (χ3n) is 13.2. The van der Waals surface area contributed by atoms with Crippen LogP contribution in [0.2, 0.25) is 5.89 Å². The van der Waals surface area contributed by atoms with Gasteiger partial charge >= 0.3 is 231 Å². The zero-order chi connectivity index (χ0) is 39.0. The number of anilines is 2. The van der Waals surface area contributed by atoms with Crippen LogP contribution in [0, 0.1) is 24.7 Å². The maximum atomic E-state index is 11.8. The maximum Gasteiger partial charge on any atom is -0.0134 e. The Hall–Kier alpha value is -3.42. The van der Waals surface area contributed by atoms with Crippen molar-refractivity contribution in [2.75, 3.05) is 22.9 Å². The van der Waals surface area contributed by atoms with Crippen LogP contribution in [0.1, 0.15) is 93.9 Å².